The van der Waals surface area contributed by atoms with Gasteiger partial charge in [-0.3, -0.25) is 0 Å². The van der Waals surface area contributed by atoms with E-state index in [1.165, 1.54) is 57.9 Å². The molecule has 0 saturated carbocycles. The highest BCUT2D eigenvalue weighted by atomic mass is 15.3. The van der Waals surface area contributed by atoms with Crippen molar-refractivity contribution >= 4 is 0 Å². The molecule has 0 aliphatic carbocycles. The summed E-state index contributed by atoms with van der Waals surface area (Å²) in [5.41, 5.74) is 5.60. The Hall–Kier alpha value is -0.0800. The molecule has 0 fully saturated rings. The van der Waals surface area contributed by atoms with Crippen LogP contribution in [0.15, 0.2) is 0 Å². The molecule has 0 aromatic rings. The van der Waals surface area contributed by atoms with Gasteiger partial charge in [0.05, 0.1) is 27.2 Å². The SMILES string of the molecule is CCCCCCCCCC[N+](C)(C)CCN. The zero-order valence-electron chi connectivity index (χ0n) is 11.8. The first kappa shape index (κ1) is 15.9. The van der Waals surface area contributed by atoms with Crippen LogP contribution in [-0.4, -0.2) is 38.2 Å². The van der Waals surface area contributed by atoms with Crippen LogP contribution in [0.4, 0.5) is 0 Å². The minimum atomic E-state index is 0.810. The van der Waals surface area contributed by atoms with E-state index >= 15 is 0 Å². The Morgan fingerprint density at radius 1 is 0.750 bits per heavy atom. The topological polar surface area (TPSA) is 26.0 Å². The number of unbranched alkanes of at least 4 members (excludes halogenated alkanes) is 7. The van der Waals surface area contributed by atoms with Gasteiger partial charge in [-0.1, -0.05) is 45.4 Å². The molecule has 0 spiro atoms. The van der Waals surface area contributed by atoms with Crippen molar-refractivity contribution in [2.24, 2.45) is 5.73 Å². The number of rotatable bonds is 11. The minimum Gasteiger partial charge on any atom is -0.327 e. The lowest BCUT2D eigenvalue weighted by Gasteiger charge is -2.29. The molecule has 0 saturated heterocycles. The second kappa shape index (κ2) is 10.1. The summed E-state index contributed by atoms with van der Waals surface area (Å²) in [6, 6.07) is 0. The predicted molar refractivity (Wildman–Crippen MR) is 73.5 cm³/mol. The van der Waals surface area contributed by atoms with Gasteiger partial charge in [0.25, 0.3) is 0 Å². The van der Waals surface area contributed by atoms with Gasteiger partial charge in [0.15, 0.2) is 0 Å². The number of quaternary nitrogens is 1. The van der Waals surface area contributed by atoms with Gasteiger partial charge in [-0.15, -0.1) is 0 Å². The van der Waals surface area contributed by atoms with Crippen molar-refractivity contribution in [2.45, 2.75) is 58.3 Å². The Morgan fingerprint density at radius 2 is 1.25 bits per heavy atom. The number of nitrogens with zero attached hydrogens (tertiary/aromatic N) is 1. The first-order valence-electron chi connectivity index (χ1n) is 7.14. The fourth-order valence-corrected chi connectivity index (χ4v) is 2.14. The summed E-state index contributed by atoms with van der Waals surface area (Å²) in [4.78, 5) is 0. The van der Waals surface area contributed by atoms with Crippen LogP contribution in [0.3, 0.4) is 0 Å². The van der Waals surface area contributed by atoms with Gasteiger partial charge in [-0.05, 0) is 12.8 Å². The zero-order chi connectivity index (χ0) is 12.3. The second-order valence-corrected chi connectivity index (χ2v) is 5.65. The molecular formula is C14H33N2+. The van der Waals surface area contributed by atoms with Crippen LogP contribution >= 0.6 is 0 Å². The third-order valence-electron chi connectivity index (χ3n) is 3.35. The van der Waals surface area contributed by atoms with Crippen LogP contribution in [0, 0.1) is 0 Å². The summed E-state index contributed by atoms with van der Waals surface area (Å²) in [7, 11) is 4.57. The van der Waals surface area contributed by atoms with E-state index in [-0.39, 0.29) is 0 Å². The van der Waals surface area contributed by atoms with Gasteiger partial charge in [-0.2, -0.15) is 0 Å². The molecule has 2 N–H and O–H groups in total. The summed E-state index contributed by atoms with van der Waals surface area (Å²) in [5, 5.41) is 0. The molecule has 0 atom stereocenters. The summed E-state index contributed by atoms with van der Waals surface area (Å²) < 4.78 is 1.09. The molecule has 0 aromatic carbocycles. The molecule has 0 radical (unpaired) electrons. The van der Waals surface area contributed by atoms with Crippen LogP contribution in [0.5, 0.6) is 0 Å². The highest BCUT2D eigenvalue weighted by molar-refractivity contribution is 4.46. The van der Waals surface area contributed by atoms with E-state index in [4.69, 9.17) is 5.73 Å². The molecule has 0 rings (SSSR count). The normalized spacial score (nSPS) is 12.0. The minimum absolute atomic E-state index is 0.810. The lowest BCUT2D eigenvalue weighted by molar-refractivity contribution is -0.889. The summed E-state index contributed by atoms with van der Waals surface area (Å²) in [6.45, 7) is 5.48. The van der Waals surface area contributed by atoms with Gasteiger partial charge < -0.3 is 10.2 Å². The van der Waals surface area contributed by atoms with Crippen molar-refractivity contribution in [3.8, 4) is 0 Å². The first-order valence-corrected chi connectivity index (χ1v) is 7.14. The number of hydrogen-bond acceptors (Lipinski definition) is 1. The molecule has 2 heteroatoms. The highest BCUT2D eigenvalue weighted by Gasteiger charge is 2.12. The Morgan fingerprint density at radius 3 is 1.75 bits per heavy atom. The van der Waals surface area contributed by atoms with Crippen molar-refractivity contribution in [3.05, 3.63) is 0 Å². The molecule has 98 valence electrons. The van der Waals surface area contributed by atoms with Crippen molar-refractivity contribution in [2.75, 3.05) is 33.7 Å². The van der Waals surface area contributed by atoms with Crippen molar-refractivity contribution in [1.82, 2.24) is 0 Å². The van der Waals surface area contributed by atoms with Gasteiger partial charge in [0.1, 0.15) is 0 Å². The average Bonchev–Trinajstić information content (AvgIpc) is 2.22. The smallest absolute Gasteiger partial charge is 0.0907 e. The lowest BCUT2D eigenvalue weighted by Crippen LogP contribution is -2.44. The zero-order valence-corrected chi connectivity index (χ0v) is 11.8. The quantitative estimate of drug-likeness (QED) is 0.427. The molecule has 2 nitrogen and oxygen atoms in total. The highest BCUT2D eigenvalue weighted by Crippen LogP contribution is 2.09. The van der Waals surface area contributed by atoms with Gasteiger partial charge >= 0.3 is 0 Å². The third-order valence-corrected chi connectivity index (χ3v) is 3.35. The average molecular weight is 229 g/mol. The molecular weight excluding hydrogens is 196 g/mol. The van der Waals surface area contributed by atoms with Crippen LogP contribution < -0.4 is 5.73 Å². The fraction of sp³-hybridized carbons (Fsp3) is 1.00. The van der Waals surface area contributed by atoms with E-state index in [1.54, 1.807) is 0 Å². The van der Waals surface area contributed by atoms with Crippen LogP contribution in [-0.2, 0) is 0 Å². The summed E-state index contributed by atoms with van der Waals surface area (Å²) in [5.74, 6) is 0. The van der Waals surface area contributed by atoms with Crippen LogP contribution in [0.25, 0.3) is 0 Å². The Balaban J connectivity index is 3.20. The maximum Gasteiger partial charge on any atom is 0.0907 e. The molecule has 0 unspecified atom stereocenters. The number of hydrogen-bond donors (Lipinski definition) is 1. The fourth-order valence-electron chi connectivity index (χ4n) is 2.14. The predicted octanol–water partition coefficient (Wildman–Crippen LogP) is 3.16. The van der Waals surface area contributed by atoms with Gasteiger partial charge in [-0.25, -0.2) is 0 Å². The molecule has 0 aliphatic rings. The lowest BCUT2D eigenvalue weighted by atomic mass is 10.1. The molecule has 0 amide bonds. The van der Waals surface area contributed by atoms with Crippen LogP contribution in [0.1, 0.15) is 58.3 Å². The Kier molecular flexibility index (Phi) is 10.0. The molecule has 0 aliphatic heterocycles. The summed E-state index contributed by atoms with van der Waals surface area (Å²) in [6.07, 6.45) is 11.3. The third kappa shape index (κ3) is 10.4. The Bertz CT molecular complexity index is 144. The van der Waals surface area contributed by atoms with Crippen molar-refractivity contribution < 1.29 is 4.48 Å². The first-order chi connectivity index (χ1) is 7.62. The van der Waals surface area contributed by atoms with E-state index in [0.717, 1.165) is 17.6 Å². The maximum absolute atomic E-state index is 5.60. The van der Waals surface area contributed by atoms with E-state index in [2.05, 4.69) is 21.0 Å². The second-order valence-electron chi connectivity index (χ2n) is 5.65. The standard InChI is InChI=1S/C14H33N2/c1-4-5-6-7-8-9-10-11-13-16(2,3)14-12-15/h4-15H2,1-3H3/q+1. The van der Waals surface area contributed by atoms with E-state index in [0.29, 0.717) is 0 Å². The van der Waals surface area contributed by atoms with E-state index in [9.17, 15) is 0 Å². The maximum atomic E-state index is 5.60. The van der Waals surface area contributed by atoms with Crippen LogP contribution in [0.2, 0.25) is 0 Å². The van der Waals surface area contributed by atoms with E-state index < -0.39 is 0 Å². The van der Waals surface area contributed by atoms with Gasteiger partial charge in [0.2, 0.25) is 0 Å². The Labute approximate surface area is 103 Å². The van der Waals surface area contributed by atoms with Gasteiger partial charge in [0, 0.05) is 6.54 Å². The van der Waals surface area contributed by atoms with Crippen molar-refractivity contribution in [3.63, 3.8) is 0 Å². The number of likely N-dealkylation sites (N-methyl/N-ethyl adjacent to an activating group) is 1. The number of nitrogens with two attached hydrogens (primary N) is 1. The largest absolute Gasteiger partial charge is 0.327 e. The molecule has 0 heterocycles. The molecule has 16 heavy (non-hydrogen) atoms. The monoisotopic (exact) mass is 229 g/mol. The molecule has 0 aromatic heterocycles. The van der Waals surface area contributed by atoms with E-state index in [1.807, 2.05) is 0 Å². The van der Waals surface area contributed by atoms with Crippen molar-refractivity contribution in [1.29, 1.82) is 0 Å². The molecule has 0 bridgehead atoms. The summed E-state index contributed by atoms with van der Waals surface area (Å²) >= 11 is 0.